The second-order valence-electron chi connectivity index (χ2n) is 1.93. The third kappa shape index (κ3) is 2.12. The van der Waals surface area contributed by atoms with Gasteiger partial charge in [-0.15, -0.1) is 0 Å². The van der Waals surface area contributed by atoms with E-state index in [0.717, 1.165) is 0 Å². The molecule has 0 heterocycles. The highest BCUT2D eigenvalue weighted by Crippen LogP contribution is 2.25. The summed E-state index contributed by atoms with van der Waals surface area (Å²) in [6, 6.07) is 4.79. The second-order valence-corrected chi connectivity index (χ2v) is 2.84. The van der Waals surface area contributed by atoms with Gasteiger partial charge in [0.25, 0.3) is 0 Å². The van der Waals surface area contributed by atoms with E-state index >= 15 is 0 Å². The second kappa shape index (κ2) is 3.62. The summed E-state index contributed by atoms with van der Waals surface area (Å²) in [6.07, 6.45) is 0. The fourth-order valence-corrected chi connectivity index (χ4v) is 1.17. The van der Waals surface area contributed by atoms with Gasteiger partial charge in [-0.3, -0.25) is 0 Å². The van der Waals surface area contributed by atoms with E-state index in [0.29, 0.717) is 10.2 Å². The van der Waals surface area contributed by atoms with E-state index in [-0.39, 0.29) is 5.75 Å². The molecule has 11 heavy (non-hydrogen) atoms. The largest absolute Gasteiger partial charge is 0.497 e. The highest BCUT2D eigenvalue weighted by atomic mass is 79.9. The molecule has 0 bridgehead atoms. The predicted octanol–water partition coefficient (Wildman–Crippen LogP) is 2.47. The molecule has 2 nitrogen and oxygen atoms in total. The van der Waals surface area contributed by atoms with Crippen LogP contribution in [-0.4, -0.2) is 14.1 Å². The Bertz CT molecular complexity index is 325. The predicted molar refractivity (Wildman–Crippen MR) is 47.2 cm³/mol. The molecule has 0 aromatic heterocycles. The fourth-order valence-electron chi connectivity index (χ4n) is 0.714. The minimum atomic E-state index is -2.44. The molecule has 3 heteroatoms. The van der Waals surface area contributed by atoms with Crippen molar-refractivity contribution in [2.75, 3.05) is 14.1 Å². The van der Waals surface area contributed by atoms with E-state index in [1.165, 1.54) is 13.2 Å². The molecule has 0 amide bonds. The zero-order valence-corrected chi connectivity index (χ0v) is 7.51. The SMILES string of the molecule is [2H]C([2H])([2H])Oc1cc(Br)cc(OC)c1. The smallest absolute Gasteiger partial charge is 0.123 e. The van der Waals surface area contributed by atoms with Gasteiger partial charge in [-0.1, -0.05) is 15.9 Å². The molecule has 0 spiro atoms. The van der Waals surface area contributed by atoms with Crippen molar-refractivity contribution in [3.63, 3.8) is 0 Å². The van der Waals surface area contributed by atoms with Crippen LogP contribution in [0, 0.1) is 0 Å². The number of benzene rings is 1. The molecule has 0 saturated carbocycles. The highest BCUT2D eigenvalue weighted by molar-refractivity contribution is 9.10. The number of halogens is 1. The van der Waals surface area contributed by atoms with Crippen molar-refractivity contribution in [3.05, 3.63) is 22.7 Å². The van der Waals surface area contributed by atoms with Gasteiger partial charge in [-0.2, -0.15) is 0 Å². The van der Waals surface area contributed by atoms with Crippen molar-refractivity contribution in [2.24, 2.45) is 0 Å². The maximum Gasteiger partial charge on any atom is 0.123 e. The van der Waals surface area contributed by atoms with E-state index in [2.05, 4.69) is 15.9 Å². The van der Waals surface area contributed by atoms with Crippen LogP contribution in [0.25, 0.3) is 0 Å². The van der Waals surface area contributed by atoms with Crippen molar-refractivity contribution in [3.8, 4) is 11.5 Å². The Morgan fingerprint density at radius 3 is 2.45 bits per heavy atom. The van der Waals surface area contributed by atoms with Gasteiger partial charge in [0.1, 0.15) is 11.5 Å². The molecule has 0 radical (unpaired) electrons. The van der Waals surface area contributed by atoms with Crippen LogP contribution in [0.4, 0.5) is 0 Å². The van der Waals surface area contributed by atoms with Gasteiger partial charge in [0.15, 0.2) is 0 Å². The first-order valence-electron chi connectivity index (χ1n) is 4.44. The molecule has 0 atom stereocenters. The zero-order valence-electron chi connectivity index (χ0n) is 8.93. The topological polar surface area (TPSA) is 18.5 Å². The Hall–Kier alpha value is -0.700. The van der Waals surface area contributed by atoms with Crippen molar-refractivity contribution < 1.29 is 13.6 Å². The van der Waals surface area contributed by atoms with Crippen LogP contribution >= 0.6 is 15.9 Å². The fraction of sp³-hybridized carbons (Fsp3) is 0.250. The lowest BCUT2D eigenvalue weighted by Crippen LogP contribution is -1.86. The van der Waals surface area contributed by atoms with Crippen LogP contribution < -0.4 is 9.47 Å². The quantitative estimate of drug-likeness (QED) is 0.762. The molecule has 1 aromatic carbocycles. The normalized spacial score (nSPS) is 14.5. The number of rotatable bonds is 2. The Labute approximate surface area is 78.5 Å². The van der Waals surface area contributed by atoms with Crippen LogP contribution in [0.15, 0.2) is 22.7 Å². The van der Waals surface area contributed by atoms with Crippen LogP contribution in [0.5, 0.6) is 11.5 Å². The molecule has 60 valence electrons. The summed E-state index contributed by atoms with van der Waals surface area (Å²) in [5, 5.41) is 0. The molecule has 1 rings (SSSR count). The van der Waals surface area contributed by atoms with Crippen LogP contribution in [0.2, 0.25) is 0 Å². The molecule has 0 aliphatic heterocycles. The van der Waals surface area contributed by atoms with E-state index in [1.807, 2.05) is 0 Å². The molecular formula is C8H9BrO2. The molecular weight excluding hydrogens is 208 g/mol. The lowest BCUT2D eigenvalue weighted by molar-refractivity contribution is 0.394. The van der Waals surface area contributed by atoms with Crippen LogP contribution in [0.1, 0.15) is 4.11 Å². The van der Waals surface area contributed by atoms with Crippen LogP contribution in [0.3, 0.4) is 0 Å². The summed E-state index contributed by atoms with van der Waals surface area (Å²) < 4.78 is 31.1. The lowest BCUT2D eigenvalue weighted by Gasteiger charge is -2.03. The average molecular weight is 220 g/mol. The number of hydrogen-bond acceptors (Lipinski definition) is 2. The molecule has 0 aliphatic rings. The Kier molecular flexibility index (Phi) is 1.66. The van der Waals surface area contributed by atoms with Gasteiger partial charge in [-0.25, -0.2) is 0 Å². The average Bonchev–Trinajstić information content (AvgIpc) is 1.99. The minimum Gasteiger partial charge on any atom is -0.497 e. The maximum atomic E-state index is 6.92. The summed E-state index contributed by atoms with van der Waals surface area (Å²) >= 11 is 3.22. The summed E-state index contributed by atoms with van der Waals surface area (Å²) in [5.41, 5.74) is 0. The molecule has 0 aliphatic carbocycles. The molecule has 0 fully saturated rings. The van der Waals surface area contributed by atoms with E-state index in [9.17, 15) is 0 Å². The molecule has 0 saturated heterocycles. The summed E-state index contributed by atoms with van der Waals surface area (Å²) in [7, 11) is -0.938. The van der Waals surface area contributed by atoms with Crippen molar-refractivity contribution in [1.82, 2.24) is 0 Å². The van der Waals surface area contributed by atoms with E-state index in [1.54, 1.807) is 12.1 Å². The Morgan fingerprint density at radius 1 is 1.27 bits per heavy atom. The first-order valence-corrected chi connectivity index (χ1v) is 3.73. The van der Waals surface area contributed by atoms with Gasteiger partial charge in [0.05, 0.1) is 18.3 Å². The first-order chi connectivity index (χ1) is 6.40. The lowest BCUT2D eigenvalue weighted by atomic mass is 10.3. The molecule has 0 unspecified atom stereocenters. The van der Waals surface area contributed by atoms with Gasteiger partial charge >= 0.3 is 0 Å². The molecule has 1 aromatic rings. The number of ether oxygens (including phenoxy) is 2. The monoisotopic (exact) mass is 219 g/mol. The van der Waals surface area contributed by atoms with Crippen molar-refractivity contribution in [2.45, 2.75) is 0 Å². The highest BCUT2D eigenvalue weighted by Gasteiger charge is 1.97. The van der Waals surface area contributed by atoms with E-state index in [4.69, 9.17) is 13.6 Å². The Morgan fingerprint density at radius 2 is 1.91 bits per heavy atom. The minimum absolute atomic E-state index is 0.247. The van der Waals surface area contributed by atoms with Gasteiger partial charge in [0.2, 0.25) is 0 Å². The number of methoxy groups -OCH3 is 2. The van der Waals surface area contributed by atoms with Gasteiger partial charge < -0.3 is 9.47 Å². The van der Waals surface area contributed by atoms with E-state index < -0.39 is 7.04 Å². The molecule has 0 N–H and O–H groups in total. The number of hydrogen-bond donors (Lipinski definition) is 0. The third-order valence-electron chi connectivity index (χ3n) is 1.20. The first kappa shape index (κ1) is 5.04. The summed E-state index contributed by atoms with van der Waals surface area (Å²) in [4.78, 5) is 0. The van der Waals surface area contributed by atoms with Crippen LogP contribution in [-0.2, 0) is 0 Å². The maximum absolute atomic E-state index is 6.92. The zero-order chi connectivity index (χ0) is 10.8. The summed E-state index contributed by atoms with van der Waals surface area (Å²) in [6.45, 7) is 0. The standard InChI is InChI=1S/C8H9BrO2/c1-10-7-3-6(9)4-8(5-7)11-2/h3-5H,1-2H3/i1D3. The van der Waals surface area contributed by atoms with Crippen molar-refractivity contribution >= 4 is 15.9 Å². The summed E-state index contributed by atoms with van der Waals surface area (Å²) in [5.74, 6) is 0.787. The van der Waals surface area contributed by atoms with Gasteiger partial charge in [-0.05, 0) is 12.1 Å². The van der Waals surface area contributed by atoms with Crippen molar-refractivity contribution in [1.29, 1.82) is 0 Å². The Balaban J connectivity index is 2.92. The van der Waals surface area contributed by atoms with Gasteiger partial charge in [0, 0.05) is 10.5 Å². The third-order valence-corrected chi connectivity index (χ3v) is 1.66.